The van der Waals surface area contributed by atoms with Crippen molar-refractivity contribution >= 4 is 44.4 Å². The van der Waals surface area contributed by atoms with Crippen molar-refractivity contribution in [1.82, 2.24) is 15.0 Å². The second kappa shape index (κ2) is 8.01. The van der Waals surface area contributed by atoms with Crippen LogP contribution in [0.3, 0.4) is 0 Å². The molecule has 1 aromatic carbocycles. The summed E-state index contributed by atoms with van der Waals surface area (Å²) in [5.74, 6) is 0.680. The molecule has 0 aliphatic carbocycles. The fourth-order valence-corrected chi connectivity index (χ4v) is 4.34. The average Bonchev–Trinajstić information content (AvgIpc) is 2.99. The Hall–Kier alpha value is -2.19. The number of carbonyl (C=O) groups excluding carboxylic acids is 1. The number of carbonyl (C=O) groups is 1. The molecule has 0 bridgehead atoms. The van der Waals surface area contributed by atoms with Gasteiger partial charge in [0.2, 0.25) is 5.91 Å². The van der Waals surface area contributed by atoms with Crippen LogP contribution in [0.2, 0.25) is 0 Å². The first-order valence-electron chi connectivity index (χ1n) is 8.23. The molecule has 8 heteroatoms. The van der Waals surface area contributed by atoms with Gasteiger partial charge in [0.25, 0.3) is 0 Å². The van der Waals surface area contributed by atoms with E-state index < -0.39 is 0 Å². The molecule has 2 heterocycles. The Morgan fingerprint density at radius 2 is 1.96 bits per heavy atom. The highest BCUT2D eigenvalue weighted by Gasteiger charge is 2.21. The van der Waals surface area contributed by atoms with E-state index in [0.717, 1.165) is 27.4 Å². The van der Waals surface area contributed by atoms with Crippen LogP contribution in [-0.2, 0) is 4.79 Å². The van der Waals surface area contributed by atoms with Crippen molar-refractivity contribution in [2.75, 3.05) is 12.4 Å². The van der Waals surface area contributed by atoms with Crippen LogP contribution >= 0.6 is 23.1 Å². The lowest BCUT2D eigenvalue weighted by atomic mass is 10.3. The van der Waals surface area contributed by atoms with Gasteiger partial charge in [-0.25, -0.2) is 15.0 Å². The van der Waals surface area contributed by atoms with E-state index in [9.17, 15) is 4.79 Å². The minimum Gasteiger partial charge on any atom is -0.497 e. The Morgan fingerprint density at radius 1 is 1.23 bits per heavy atom. The second-order valence-electron chi connectivity index (χ2n) is 5.79. The van der Waals surface area contributed by atoms with Gasteiger partial charge in [-0.15, -0.1) is 0 Å². The number of nitrogens with zero attached hydrogens (tertiary/aromatic N) is 3. The summed E-state index contributed by atoms with van der Waals surface area (Å²) in [5, 5.41) is 3.85. The number of thioether (sulfide) groups is 1. The number of benzene rings is 1. The van der Waals surface area contributed by atoms with Gasteiger partial charge in [-0.2, -0.15) is 0 Å². The lowest BCUT2D eigenvalue weighted by molar-refractivity contribution is -0.115. The van der Waals surface area contributed by atoms with E-state index in [1.165, 1.54) is 23.1 Å². The van der Waals surface area contributed by atoms with E-state index in [1.54, 1.807) is 7.11 Å². The molecule has 136 valence electrons. The van der Waals surface area contributed by atoms with E-state index >= 15 is 0 Å². The normalized spacial score (nSPS) is 12.2. The van der Waals surface area contributed by atoms with E-state index in [2.05, 4.69) is 20.3 Å². The number of nitrogens with one attached hydrogen (secondary N) is 1. The largest absolute Gasteiger partial charge is 0.497 e. The van der Waals surface area contributed by atoms with Crippen LogP contribution < -0.4 is 10.1 Å². The Kier molecular flexibility index (Phi) is 5.73. The lowest BCUT2D eigenvalue weighted by Crippen LogP contribution is -2.24. The molecule has 0 spiro atoms. The number of thiazole rings is 1. The molecule has 1 unspecified atom stereocenters. The molecule has 1 N–H and O–H groups in total. The third-order valence-corrected chi connectivity index (χ3v) is 5.86. The fourth-order valence-electron chi connectivity index (χ4n) is 2.47. The van der Waals surface area contributed by atoms with Gasteiger partial charge in [0.05, 0.1) is 22.6 Å². The first kappa shape index (κ1) is 18.6. The third kappa shape index (κ3) is 4.31. The molecule has 26 heavy (non-hydrogen) atoms. The van der Waals surface area contributed by atoms with Gasteiger partial charge in [0, 0.05) is 11.4 Å². The van der Waals surface area contributed by atoms with Crippen LogP contribution in [0.4, 0.5) is 5.13 Å². The van der Waals surface area contributed by atoms with Crippen molar-refractivity contribution in [2.45, 2.75) is 37.6 Å². The van der Waals surface area contributed by atoms with E-state index in [0.29, 0.717) is 16.7 Å². The predicted octanol–water partition coefficient (Wildman–Crippen LogP) is 4.22. The average molecular weight is 389 g/mol. The Balaban J connectivity index is 1.74. The van der Waals surface area contributed by atoms with E-state index in [-0.39, 0.29) is 11.2 Å². The summed E-state index contributed by atoms with van der Waals surface area (Å²) in [4.78, 5) is 26.0. The zero-order chi connectivity index (χ0) is 18.7. The number of hydrogen-bond acceptors (Lipinski definition) is 7. The first-order valence-corrected chi connectivity index (χ1v) is 9.92. The first-order chi connectivity index (χ1) is 12.5. The van der Waals surface area contributed by atoms with Gasteiger partial charge >= 0.3 is 0 Å². The molecule has 6 nitrogen and oxygen atoms in total. The van der Waals surface area contributed by atoms with Gasteiger partial charge in [-0.1, -0.05) is 30.0 Å². The molecule has 1 amide bonds. The molecule has 0 saturated carbocycles. The summed E-state index contributed by atoms with van der Waals surface area (Å²) in [6.45, 7) is 5.83. The molecule has 0 fully saturated rings. The van der Waals surface area contributed by atoms with Crippen LogP contribution in [0.15, 0.2) is 29.4 Å². The molecule has 0 aliphatic rings. The highest BCUT2D eigenvalue weighted by Crippen LogP contribution is 2.30. The van der Waals surface area contributed by atoms with E-state index in [1.807, 2.05) is 45.0 Å². The van der Waals surface area contributed by atoms with Gasteiger partial charge < -0.3 is 10.1 Å². The van der Waals surface area contributed by atoms with Gasteiger partial charge in [-0.3, -0.25) is 4.79 Å². The Morgan fingerprint density at radius 3 is 2.62 bits per heavy atom. The minimum atomic E-state index is -0.280. The number of rotatable bonds is 6. The van der Waals surface area contributed by atoms with Crippen LogP contribution in [0.1, 0.15) is 24.7 Å². The number of amides is 1. The zero-order valence-electron chi connectivity index (χ0n) is 15.1. The summed E-state index contributed by atoms with van der Waals surface area (Å²) in [6.07, 6.45) is 0.672. The van der Waals surface area contributed by atoms with Gasteiger partial charge in [0.1, 0.15) is 5.75 Å². The smallest absolute Gasteiger partial charge is 0.239 e. The van der Waals surface area contributed by atoms with Crippen molar-refractivity contribution in [2.24, 2.45) is 0 Å². The van der Waals surface area contributed by atoms with Crippen molar-refractivity contribution in [3.8, 4) is 5.75 Å². The number of anilines is 1. The zero-order valence-corrected chi connectivity index (χ0v) is 16.7. The summed E-state index contributed by atoms with van der Waals surface area (Å²) in [6, 6.07) is 7.57. The molecular formula is C18H20N4O2S2. The Labute approximate surface area is 160 Å². The molecule has 0 aliphatic heterocycles. The highest BCUT2D eigenvalue weighted by molar-refractivity contribution is 8.00. The number of fused-ring (bicyclic) bond motifs is 1. The summed E-state index contributed by atoms with van der Waals surface area (Å²) >= 11 is 2.81. The summed E-state index contributed by atoms with van der Waals surface area (Å²) in [5.41, 5.74) is 2.63. The van der Waals surface area contributed by atoms with Crippen LogP contribution in [0.5, 0.6) is 5.75 Å². The van der Waals surface area contributed by atoms with Crippen LogP contribution in [0, 0.1) is 13.8 Å². The van der Waals surface area contributed by atoms with Crippen molar-refractivity contribution in [1.29, 1.82) is 0 Å². The SMILES string of the molecule is CCC(Sc1nc(C)cc(C)n1)C(=O)Nc1nc2ccc(OC)cc2s1. The maximum absolute atomic E-state index is 12.7. The number of aryl methyl sites for hydroxylation is 2. The Bertz CT molecular complexity index is 922. The maximum Gasteiger partial charge on any atom is 0.239 e. The number of aromatic nitrogens is 3. The quantitative estimate of drug-likeness (QED) is 0.503. The lowest BCUT2D eigenvalue weighted by Gasteiger charge is -2.13. The second-order valence-corrected chi connectivity index (χ2v) is 7.99. The molecule has 2 aromatic heterocycles. The van der Waals surface area contributed by atoms with E-state index in [4.69, 9.17) is 4.74 Å². The molecule has 0 radical (unpaired) electrons. The standard InChI is InChI=1S/C18H20N4O2S2/c1-5-14(25-17-19-10(2)8-11(3)20-17)16(23)22-18-21-13-7-6-12(24-4)9-15(13)26-18/h6-9,14H,5H2,1-4H3,(H,21,22,23). The number of methoxy groups -OCH3 is 1. The third-order valence-electron chi connectivity index (χ3n) is 3.70. The van der Waals surface area contributed by atoms with Gasteiger partial charge in [-0.05, 0) is 44.5 Å². The summed E-state index contributed by atoms with van der Waals surface area (Å²) in [7, 11) is 1.63. The maximum atomic E-state index is 12.7. The van der Waals surface area contributed by atoms with Crippen LogP contribution in [0.25, 0.3) is 10.2 Å². The van der Waals surface area contributed by atoms with Crippen molar-refractivity contribution < 1.29 is 9.53 Å². The van der Waals surface area contributed by atoms with Gasteiger partial charge in [0.15, 0.2) is 10.3 Å². The minimum absolute atomic E-state index is 0.0914. The van der Waals surface area contributed by atoms with Crippen LogP contribution in [-0.4, -0.2) is 33.2 Å². The summed E-state index contributed by atoms with van der Waals surface area (Å²) < 4.78 is 6.20. The topological polar surface area (TPSA) is 77.0 Å². The monoisotopic (exact) mass is 388 g/mol. The molecule has 3 rings (SSSR count). The molecule has 3 aromatic rings. The van der Waals surface area contributed by atoms with Crippen molar-refractivity contribution in [3.05, 3.63) is 35.7 Å². The fraction of sp³-hybridized carbons (Fsp3) is 0.333. The molecule has 0 saturated heterocycles. The predicted molar refractivity (Wildman–Crippen MR) is 106 cm³/mol. The van der Waals surface area contributed by atoms with Crippen molar-refractivity contribution in [3.63, 3.8) is 0 Å². The number of ether oxygens (including phenoxy) is 1. The molecular weight excluding hydrogens is 368 g/mol. The molecule has 1 atom stereocenters. The highest BCUT2D eigenvalue weighted by atomic mass is 32.2. The number of hydrogen-bond donors (Lipinski definition) is 1.